The fourth-order valence-electron chi connectivity index (χ4n) is 3.56. The van der Waals surface area contributed by atoms with Gasteiger partial charge in [-0.2, -0.15) is 0 Å². The van der Waals surface area contributed by atoms with Gasteiger partial charge in [0.25, 0.3) is 0 Å². The predicted octanol–water partition coefficient (Wildman–Crippen LogP) is 4.12. The molecule has 3 heteroatoms. The third kappa shape index (κ3) is 3.58. The van der Waals surface area contributed by atoms with Gasteiger partial charge in [-0.25, -0.2) is 0 Å². The lowest BCUT2D eigenvalue weighted by Crippen LogP contribution is -2.45. The molecule has 0 unspecified atom stereocenters. The number of carbonyl (C=O) groups excluding carboxylic acids is 1. The summed E-state index contributed by atoms with van der Waals surface area (Å²) in [6, 6.07) is 8.10. The maximum atomic E-state index is 11.7. The highest BCUT2D eigenvalue weighted by Gasteiger charge is 2.34. The van der Waals surface area contributed by atoms with E-state index in [1.165, 1.54) is 12.8 Å². The summed E-state index contributed by atoms with van der Waals surface area (Å²) < 4.78 is 5.20. The number of amides is 1. The molecule has 0 saturated heterocycles. The van der Waals surface area contributed by atoms with Crippen LogP contribution in [0.3, 0.4) is 0 Å². The van der Waals surface area contributed by atoms with Crippen LogP contribution in [0, 0.1) is 17.8 Å². The van der Waals surface area contributed by atoms with Gasteiger partial charge in [0.15, 0.2) is 0 Å². The lowest BCUT2D eigenvalue weighted by atomic mass is 9.73. The summed E-state index contributed by atoms with van der Waals surface area (Å²) in [6.07, 6.45) is 4.58. The molecule has 1 saturated carbocycles. The Morgan fingerprint density at radius 1 is 1.24 bits per heavy atom. The predicted molar refractivity (Wildman–Crippen MR) is 86.7 cm³/mol. The lowest BCUT2D eigenvalue weighted by molar-refractivity contribution is -0.108. The summed E-state index contributed by atoms with van der Waals surface area (Å²) in [4.78, 5) is 13.7. The van der Waals surface area contributed by atoms with Crippen LogP contribution in [0.1, 0.15) is 40.0 Å². The zero-order valence-electron chi connectivity index (χ0n) is 13.6. The Hall–Kier alpha value is -1.51. The monoisotopic (exact) mass is 289 g/mol. The normalized spacial score (nSPS) is 25.7. The van der Waals surface area contributed by atoms with Crippen molar-refractivity contribution in [1.82, 2.24) is 0 Å². The molecule has 0 spiro atoms. The van der Waals surface area contributed by atoms with E-state index >= 15 is 0 Å². The van der Waals surface area contributed by atoms with Gasteiger partial charge >= 0.3 is 0 Å². The molecule has 1 fully saturated rings. The van der Waals surface area contributed by atoms with Crippen molar-refractivity contribution in [3.63, 3.8) is 0 Å². The van der Waals surface area contributed by atoms with Gasteiger partial charge in [-0.3, -0.25) is 4.79 Å². The molecule has 1 aliphatic carbocycles. The SMILES string of the molecule is COc1ccc(N(C=O)[C@@H]2C[C@H](C)CC[C@H]2C(C)C)cc1. The zero-order valence-corrected chi connectivity index (χ0v) is 13.6. The Kier molecular flexibility index (Phi) is 5.27. The van der Waals surface area contributed by atoms with E-state index in [-0.39, 0.29) is 0 Å². The lowest BCUT2D eigenvalue weighted by Gasteiger charge is -2.42. The number of benzene rings is 1. The fourth-order valence-corrected chi connectivity index (χ4v) is 3.56. The molecule has 116 valence electrons. The maximum absolute atomic E-state index is 11.7. The number of methoxy groups -OCH3 is 1. The van der Waals surface area contributed by atoms with Crippen molar-refractivity contribution in [2.75, 3.05) is 12.0 Å². The maximum Gasteiger partial charge on any atom is 0.214 e. The molecule has 0 bridgehead atoms. The summed E-state index contributed by atoms with van der Waals surface area (Å²) >= 11 is 0. The minimum Gasteiger partial charge on any atom is -0.497 e. The Morgan fingerprint density at radius 2 is 1.90 bits per heavy atom. The number of ether oxygens (including phenoxy) is 1. The van der Waals surface area contributed by atoms with Crippen LogP contribution in [0.25, 0.3) is 0 Å². The average molecular weight is 289 g/mol. The standard InChI is InChI=1S/C18H27NO2/c1-13(2)17-10-5-14(3)11-18(17)19(12-20)15-6-8-16(21-4)9-7-15/h6-9,12-14,17-18H,5,10-11H2,1-4H3/t14-,17+,18-/m1/s1. The van der Waals surface area contributed by atoms with Crippen LogP contribution in [-0.2, 0) is 4.79 Å². The number of carbonyl (C=O) groups is 1. The molecular formula is C18H27NO2. The number of rotatable bonds is 5. The highest BCUT2D eigenvalue weighted by Crippen LogP contribution is 2.37. The van der Waals surface area contributed by atoms with Crippen LogP contribution in [0.5, 0.6) is 5.75 Å². The van der Waals surface area contributed by atoms with Crippen molar-refractivity contribution in [3.8, 4) is 5.75 Å². The summed E-state index contributed by atoms with van der Waals surface area (Å²) in [6.45, 7) is 6.83. The molecule has 1 aromatic carbocycles. The average Bonchev–Trinajstić information content (AvgIpc) is 2.48. The molecule has 1 amide bonds. The highest BCUT2D eigenvalue weighted by atomic mass is 16.5. The van der Waals surface area contributed by atoms with E-state index in [1.807, 2.05) is 29.2 Å². The molecule has 0 aromatic heterocycles. The summed E-state index contributed by atoms with van der Waals surface area (Å²) in [7, 11) is 1.66. The molecule has 2 rings (SSSR count). The summed E-state index contributed by atoms with van der Waals surface area (Å²) in [5.41, 5.74) is 0.968. The molecule has 3 nitrogen and oxygen atoms in total. The highest BCUT2D eigenvalue weighted by molar-refractivity contribution is 5.76. The van der Waals surface area contributed by atoms with Gasteiger partial charge in [0.05, 0.1) is 7.11 Å². The van der Waals surface area contributed by atoms with Crippen molar-refractivity contribution in [1.29, 1.82) is 0 Å². The fraction of sp³-hybridized carbons (Fsp3) is 0.611. The van der Waals surface area contributed by atoms with Gasteiger partial charge in [-0.15, -0.1) is 0 Å². The van der Waals surface area contributed by atoms with Crippen LogP contribution in [0.2, 0.25) is 0 Å². The number of anilines is 1. The number of hydrogen-bond acceptors (Lipinski definition) is 2. The first-order chi connectivity index (χ1) is 10.1. The first-order valence-corrected chi connectivity index (χ1v) is 7.94. The largest absolute Gasteiger partial charge is 0.497 e. The second-order valence-corrected chi connectivity index (χ2v) is 6.60. The number of hydrogen-bond donors (Lipinski definition) is 0. The Bertz CT molecular complexity index is 455. The van der Waals surface area contributed by atoms with E-state index < -0.39 is 0 Å². The Labute approximate surface area is 128 Å². The molecule has 0 N–H and O–H groups in total. The third-order valence-corrected chi connectivity index (χ3v) is 4.83. The van der Waals surface area contributed by atoms with Gasteiger partial charge in [0.1, 0.15) is 5.75 Å². The van der Waals surface area contributed by atoms with Crippen molar-refractivity contribution >= 4 is 12.1 Å². The molecule has 1 aliphatic rings. The minimum absolute atomic E-state index is 0.305. The van der Waals surface area contributed by atoms with Crippen LogP contribution < -0.4 is 9.64 Å². The Morgan fingerprint density at radius 3 is 2.43 bits per heavy atom. The van der Waals surface area contributed by atoms with Crippen LogP contribution >= 0.6 is 0 Å². The van der Waals surface area contributed by atoms with E-state index in [9.17, 15) is 4.79 Å². The van der Waals surface area contributed by atoms with Gasteiger partial charge in [0.2, 0.25) is 6.41 Å². The topological polar surface area (TPSA) is 29.5 Å². The van der Waals surface area contributed by atoms with E-state index in [0.29, 0.717) is 23.8 Å². The first-order valence-electron chi connectivity index (χ1n) is 7.94. The molecule has 0 aliphatic heterocycles. The smallest absolute Gasteiger partial charge is 0.214 e. The number of nitrogens with zero attached hydrogens (tertiary/aromatic N) is 1. The molecule has 1 aromatic rings. The van der Waals surface area contributed by atoms with E-state index in [2.05, 4.69) is 20.8 Å². The molecule has 3 atom stereocenters. The van der Waals surface area contributed by atoms with Crippen LogP contribution in [0.4, 0.5) is 5.69 Å². The first kappa shape index (κ1) is 15.9. The zero-order chi connectivity index (χ0) is 15.4. The molecular weight excluding hydrogens is 262 g/mol. The van der Waals surface area contributed by atoms with E-state index in [4.69, 9.17) is 4.74 Å². The molecule has 21 heavy (non-hydrogen) atoms. The van der Waals surface area contributed by atoms with Crippen molar-refractivity contribution in [3.05, 3.63) is 24.3 Å². The van der Waals surface area contributed by atoms with Crippen molar-refractivity contribution < 1.29 is 9.53 Å². The summed E-state index contributed by atoms with van der Waals surface area (Å²) in [5, 5.41) is 0. The summed E-state index contributed by atoms with van der Waals surface area (Å²) in [5.74, 6) is 2.68. The van der Waals surface area contributed by atoms with E-state index in [1.54, 1.807) is 7.11 Å². The van der Waals surface area contributed by atoms with Crippen LogP contribution in [0.15, 0.2) is 24.3 Å². The third-order valence-electron chi connectivity index (χ3n) is 4.83. The van der Waals surface area contributed by atoms with Crippen LogP contribution in [-0.4, -0.2) is 19.6 Å². The second kappa shape index (κ2) is 6.97. The quantitative estimate of drug-likeness (QED) is 0.763. The van der Waals surface area contributed by atoms with Gasteiger partial charge in [0, 0.05) is 11.7 Å². The van der Waals surface area contributed by atoms with Crippen molar-refractivity contribution in [2.45, 2.75) is 46.1 Å². The Balaban J connectivity index is 2.25. The second-order valence-electron chi connectivity index (χ2n) is 6.60. The molecule has 0 heterocycles. The molecule has 0 radical (unpaired) electrons. The van der Waals surface area contributed by atoms with E-state index in [0.717, 1.165) is 24.3 Å². The minimum atomic E-state index is 0.305. The van der Waals surface area contributed by atoms with Gasteiger partial charge < -0.3 is 9.64 Å². The van der Waals surface area contributed by atoms with Crippen molar-refractivity contribution in [2.24, 2.45) is 17.8 Å². The van der Waals surface area contributed by atoms with Gasteiger partial charge in [-0.1, -0.05) is 27.2 Å². The van der Waals surface area contributed by atoms with Gasteiger partial charge in [-0.05, 0) is 54.9 Å².